The van der Waals surface area contributed by atoms with E-state index >= 15 is 0 Å². The fraction of sp³-hybridized carbons (Fsp3) is 0.391. The molecule has 0 spiro atoms. The Hall–Kier alpha value is -1.82. The van der Waals surface area contributed by atoms with Crippen LogP contribution in [0.25, 0.3) is 11.1 Å². The molecule has 1 atom stereocenters. The number of aryl methyl sites for hydroxylation is 2. The van der Waals surface area contributed by atoms with Crippen LogP contribution in [-0.4, -0.2) is 0 Å². The molecule has 0 aliphatic heterocycles. The highest BCUT2D eigenvalue weighted by Gasteiger charge is 2.18. The summed E-state index contributed by atoms with van der Waals surface area (Å²) in [5.41, 5.74) is 7.26. The number of hydrogen-bond donors (Lipinski definition) is 0. The third-order valence-corrected chi connectivity index (χ3v) is 5.16. The molecule has 0 fully saturated rings. The van der Waals surface area contributed by atoms with Gasteiger partial charge in [0.25, 0.3) is 0 Å². The summed E-state index contributed by atoms with van der Waals surface area (Å²) < 4.78 is 0. The average Bonchev–Trinajstić information content (AvgIpc) is 2.60. The minimum atomic E-state index is 0.905. The highest BCUT2D eigenvalue weighted by atomic mass is 14.2. The molecule has 0 aromatic heterocycles. The van der Waals surface area contributed by atoms with E-state index in [1.54, 1.807) is 11.1 Å². The predicted octanol–water partition coefficient (Wildman–Crippen LogP) is 6.38. The SMILES string of the molecule is C=CCCc1ccc(-c2ccc3c(c2)CCC(CCC)C3)cc1. The number of hydrogen-bond acceptors (Lipinski definition) is 0. The third kappa shape index (κ3) is 3.93. The van der Waals surface area contributed by atoms with Crippen molar-refractivity contribution in [3.63, 3.8) is 0 Å². The van der Waals surface area contributed by atoms with Crippen LogP contribution < -0.4 is 0 Å². The summed E-state index contributed by atoms with van der Waals surface area (Å²) >= 11 is 0. The van der Waals surface area contributed by atoms with Crippen molar-refractivity contribution in [1.82, 2.24) is 0 Å². The minimum absolute atomic E-state index is 0.905. The zero-order valence-electron chi connectivity index (χ0n) is 14.4. The van der Waals surface area contributed by atoms with Crippen molar-refractivity contribution in [3.05, 3.63) is 71.8 Å². The highest BCUT2D eigenvalue weighted by Crippen LogP contribution is 2.31. The first-order chi connectivity index (χ1) is 11.3. The molecular formula is C23H28. The second kappa shape index (κ2) is 7.64. The van der Waals surface area contributed by atoms with Crippen molar-refractivity contribution in [2.45, 2.75) is 51.9 Å². The second-order valence-corrected chi connectivity index (χ2v) is 6.91. The first-order valence-corrected chi connectivity index (χ1v) is 9.12. The van der Waals surface area contributed by atoms with Crippen LogP contribution in [0.2, 0.25) is 0 Å². The van der Waals surface area contributed by atoms with E-state index in [4.69, 9.17) is 0 Å². The van der Waals surface area contributed by atoms with Gasteiger partial charge in [0.05, 0.1) is 0 Å². The maximum Gasteiger partial charge on any atom is -0.0181 e. The molecule has 0 heterocycles. The van der Waals surface area contributed by atoms with E-state index in [1.165, 1.54) is 48.8 Å². The number of benzene rings is 2. The van der Waals surface area contributed by atoms with Gasteiger partial charge in [-0.1, -0.05) is 68.3 Å². The third-order valence-electron chi connectivity index (χ3n) is 5.16. The maximum atomic E-state index is 3.80. The van der Waals surface area contributed by atoms with Crippen LogP contribution in [0.5, 0.6) is 0 Å². The molecular weight excluding hydrogens is 276 g/mol. The largest absolute Gasteiger partial charge is 0.103 e. The lowest BCUT2D eigenvalue weighted by Crippen LogP contribution is -2.14. The lowest BCUT2D eigenvalue weighted by Gasteiger charge is -2.25. The van der Waals surface area contributed by atoms with Crippen molar-refractivity contribution >= 4 is 0 Å². The fourth-order valence-corrected chi connectivity index (χ4v) is 3.80. The van der Waals surface area contributed by atoms with Gasteiger partial charge in [-0.3, -0.25) is 0 Å². The molecule has 2 aromatic rings. The van der Waals surface area contributed by atoms with E-state index in [0.717, 1.165) is 18.8 Å². The lowest BCUT2D eigenvalue weighted by molar-refractivity contribution is 0.423. The van der Waals surface area contributed by atoms with Gasteiger partial charge in [-0.25, -0.2) is 0 Å². The highest BCUT2D eigenvalue weighted by molar-refractivity contribution is 5.65. The van der Waals surface area contributed by atoms with Gasteiger partial charge in [-0.15, -0.1) is 6.58 Å². The summed E-state index contributed by atoms with van der Waals surface area (Å²) in [6.07, 6.45) is 10.7. The first-order valence-electron chi connectivity index (χ1n) is 9.12. The first kappa shape index (κ1) is 16.1. The summed E-state index contributed by atoms with van der Waals surface area (Å²) in [6.45, 7) is 6.10. The minimum Gasteiger partial charge on any atom is -0.103 e. The summed E-state index contributed by atoms with van der Waals surface area (Å²) in [5, 5.41) is 0. The van der Waals surface area contributed by atoms with Crippen LogP contribution >= 0.6 is 0 Å². The molecule has 120 valence electrons. The molecule has 3 rings (SSSR count). The molecule has 1 unspecified atom stereocenters. The zero-order valence-corrected chi connectivity index (χ0v) is 14.4. The summed E-state index contributed by atoms with van der Waals surface area (Å²) in [7, 11) is 0. The van der Waals surface area contributed by atoms with Gasteiger partial charge in [0.15, 0.2) is 0 Å². The monoisotopic (exact) mass is 304 g/mol. The van der Waals surface area contributed by atoms with Gasteiger partial charge in [-0.05, 0) is 65.8 Å². The molecule has 0 N–H and O–H groups in total. The molecule has 0 saturated carbocycles. The van der Waals surface area contributed by atoms with Gasteiger partial charge < -0.3 is 0 Å². The van der Waals surface area contributed by atoms with Crippen molar-refractivity contribution in [2.24, 2.45) is 5.92 Å². The van der Waals surface area contributed by atoms with Crippen LogP contribution in [0.4, 0.5) is 0 Å². The van der Waals surface area contributed by atoms with Crippen LogP contribution in [0.3, 0.4) is 0 Å². The van der Waals surface area contributed by atoms with E-state index in [2.05, 4.69) is 56.0 Å². The molecule has 0 bridgehead atoms. The van der Waals surface area contributed by atoms with E-state index < -0.39 is 0 Å². The van der Waals surface area contributed by atoms with Crippen molar-refractivity contribution in [2.75, 3.05) is 0 Å². The average molecular weight is 304 g/mol. The van der Waals surface area contributed by atoms with Crippen LogP contribution in [-0.2, 0) is 19.3 Å². The van der Waals surface area contributed by atoms with Crippen LogP contribution in [0, 0.1) is 5.92 Å². The fourth-order valence-electron chi connectivity index (χ4n) is 3.80. The predicted molar refractivity (Wildman–Crippen MR) is 101 cm³/mol. The molecule has 0 nitrogen and oxygen atoms in total. The van der Waals surface area contributed by atoms with E-state index in [9.17, 15) is 0 Å². The lowest BCUT2D eigenvalue weighted by atomic mass is 9.81. The van der Waals surface area contributed by atoms with Gasteiger partial charge in [0.2, 0.25) is 0 Å². The molecule has 0 amide bonds. The Balaban J connectivity index is 1.75. The summed E-state index contributed by atoms with van der Waals surface area (Å²) in [4.78, 5) is 0. The Kier molecular flexibility index (Phi) is 5.33. The topological polar surface area (TPSA) is 0 Å². The second-order valence-electron chi connectivity index (χ2n) is 6.91. The Morgan fingerprint density at radius 1 is 1.04 bits per heavy atom. The van der Waals surface area contributed by atoms with E-state index in [0.29, 0.717) is 0 Å². The number of fused-ring (bicyclic) bond motifs is 1. The Bertz CT molecular complexity index is 648. The maximum absolute atomic E-state index is 3.80. The van der Waals surface area contributed by atoms with Crippen molar-refractivity contribution in [1.29, 1.82) is 0 Å². The quantitative estimate of drug-likeness (QED) is 0.543. The Morgan fingerprint density at radius 3 is 2.57 bits per heavy atom. The van der Waals surface area contributed by atoms with E-state index in [-0.39, 0.29) is 0 Å². The van der Waals surface area contributed by atoms with E-state index in [1.807, 2.05) is 6.08 Å². The van der Waals surface area contributed by atoms with Crippen molar-refractivity contribution in [3.8, 4) is 11.1 Å². The van der Waals surface area contributed by atoms with Crippen LogP contribution in [0.1, 0.15) is 49.3 Å². The molecule has 1 aliphatic carbocycles. The van der Waals surface area contributed by atoms with Crippen LogP contribution in [0.15, 0.2) is 55.1 Å². The number of rotatable bonds is 6. The molecule has 2 aromatic carbocycles. The van der Waals surface area contributed by atoms with Gasteiger partial charge in [0, 0.05) is 0 Å². The normalized spacial score (nSPS) is 16.8. The van der Waals surface area contributed by atoms with Gasteiger partial charge in [-0.2, -0.15) is 0 Å². The molecule has 0 heteroatoms. The standard InChI is InChI=1S/C23H28/c1-3-5-7-18-8-11-20(12-9-18)22-15-14-21-16-19(6-4-2)10-13-23(21)17-22/h3,8-9,11-12,14-15,17,19H,1,4-7,10,13,16H2,2H3. The number of allylic oxidation sites excluding steroid dienone is 1. The Morgan fingerprint density at radius 2 is 1.83 bits per heavy atom. The molecule has 0 radical (unpaired) electrons. The zero-order chi connectivity index (χ0) is 16.1. The Labute approximate surface area is 141 Å². The molecule has 0 saturated heterocycles. The summed E-state index contributed by atoms with van der Waals surface area (Å²) in [6, 6.07) is 16.2. The van der Waals surface area contributed by atoms with Gasteiger partial charge in [0.1, 0.15) is 0 Å². The van der Waals surface area contributed by atoms with Gasteiger partial charge >= 0.3 is 0 Å². The summed E-state index contributed by atoms with van der Waals surface area (Å²) in [5.74, 6) is 0.905. The molecule has 1 aliphatic rings. The van der Waals surface area contributed by atoms with Crippen molar-refractivity contribution < 1.29 is 0 Å². The molecule has 23 heavy (non-hydrogen) atoms. The smallest absolute Gasteiger partial charge is 0.0181 e.